The highest BCUT2D eigenvalue weighted by atomic mass is 16.6. The van der Waals surface area contributed by atoms with Gasteiger partial charge in [0.1, 0.15) is 17.1 Å². The van der Waals surface area contributed by atoms with Gasteiger partial charge in [0, 0.05) is 25.5 Å². The lowest BCUT2D eigenvalue weighted by molar-refractivity contribution is -0.157. The Morgan fingerprint density at radius 2 is 2.03 bits per heavy atom. The first-order valence-electron chi connectivity index (χ1n) is 9.70. The molecule has 0 saturated carbocycles. The van der Waals surface area contributed by atoms with Gasteiger partial charge in [0.05, 0.1) is 13.2 Å². The van der Waals surface area contributed by atoms with Crippen molar-refractivity contribution >= 4 is 11.9 Å². The van der Waals surface area contributed by atoms with E-state index in [0.29, 0.717) is 41.9 Å². The monoisotopic (exact) mass is 404 g/mol. The van der Waals surface area contributed by atoms with Crippen molar-refractivity contribution in [2.24, 2.45) is 5.92 Å². The lowest BCUT2D eigenvalue weighted by Gasteiger charge is -2.28. The van der Waals surface area contributed by atoms with E-state index in [2.05, 4.69) is 6.58 Å². The number of ether oxygens (including phenoxy) is 3. The second kappa shape index (κ2) is 8.16. The number of fused-ring (bicyclic) bond motifs is 3. The van der Waals surface area contributed by atoms with Gasteiger partial charge in [-0.3, -0.25) is 0 Å². The summed E-state index contributed by atoms with van der Waals surface area (Å²) in [7, 11) is 2.80. The van der Waals surface area contributed by atoms with Crippen LogP contribution in [0.2, 0.25) is 0 Å². The fourth-order valence-electron chi connectivity index (χ4n) is 4.11. The van der Waals surface area contributed by atoms with Crippen molar-refractivity contribution in [3.63, 3.8) is 0 Å². The Labute approximate surface area is 170 Å². The molecule has 1 aromatic heterocycles. The van der Waals surface area contributed by atoms with Crippen LogP contribution in [0.25, 0.3) is 0 Å². The topological polar surface area (TPSA) is 95.2 Å². The Morgan fingerprint density at radius 1 is 1.31 bits per heavy atom. The lowest BCUT2D eigenvalue weighted by Crippen LogP contribution is -2.33. The molecule has 4 atom stereocenters. The summed E-state index contributed by atoms with van der Waals surface area (Å²) in [5.74, 6) is -0.157. The average molecular weight is 404 g/mol. The maximum Gasteiger partial charge on any atom is 0.341 e. The van der Waals surface area contributed by atoms with Gasteiger partial charge in [-0.1, -0.05) is 12.2 Å². The van der Waals surface area contributed by atoms with Crippen LogP contribution >= 0.6 is 0 Å². The van der Waals surface area contributed by atoms with Gasteiger partial charge in [0.15, 0.2) is 11.7 Å². The summed E-state index contributed by atoms with van der Waals surface area (Å²) in [6, 6.07) is 1.59. The molecule has 3 heterocycles. The number of hydrogen-bond acceptors (Lipinski definition) is 7. The molecule has 3 rings (SSSR count). The number of hydrogen-bond donors (Lipinski definition) is 1. The standard InChI is InChI=1S/C22H28O7/c1-12(2)13-6-7-15(23)8-14-11-22(3,29-20(14)24)19(26-4)18-10-16(21(25)27-5)17(9-13)28-18/h10-11,13,15,19,23H,1,6-9H2,2-5H3. The molecule has 0 fully saturated rings. The van der Waals surface area contributed by atoms with Crippen molar-refractivity contribution in [2.45, 2.75) is 57.3 Å². The fourth-order valence-corrected chi connectivity index (χ4v) is 4.11. The first kappa shape index (κ1) is 21.3. The fraction of sp³-hybridized carbons (Fsp3) is 0.545. The second-order valence-corrected chi connectivity index (χ2v) is 8.02. The van der Waals surface area contributed by atoms with Gasteiger partial charge in [0.25, 0.3) is 0 Å². The molecule has 1 N–H and O–H groups in total. The number of methoxy groups -OCH3 is 2. The number of carbonyl (C=O) groups excluding carboxylic acids is 2. The highest BCUT2D eigenvalue weighted by Gasteiger charge is 2.46. The van der Waals surface area contributed by atoms with E-state index < -0.39 is 29.7 Å². The molecule has 4 bridgehead atoms. The van der Waals surface area contributed by atoms with Crippen LogP contribution in [0, 0.1) is 5.92 Å². The van der Waals surface area contributed by atoms with Gasteiger partial charge in [-0.05, 0) is 44.7 Å². The van der Waals surface area contributed by atoms with Crippen LogP contribution in [0.3, 0.4) is 0 Å². The summed E-state index contributed by atoms with van der Waals surface area (Å²) in [5.41, 5.74) is 0.528. The summed E-state index contributed by atoms with van der Waals surface area (Å²) in [6.45, 7) is 7.68. The predicted octanol–water partition coefficient (Wildman–Crippen LogP) is 3.28. The number of aliphatic hydroxyl groups excluding tert-OH is 1. The molecule has 29 heavy (non-hydrogen) atoms. The van der Waals surface area contributed by atoms with E-state index in [0.717, 1.165) is 5.57 Å². The quantitative estimate of drug-likeness (QED) is 0.610. The van der Waals surface area contributed by atoms with Crippen LogP contribution in [0.1, 0.15) is 61.1 Å². The van der Waals surface area contributed by atoms with Crippen molar-refractivity contribution in [1.82, 2.24) is 0 Å². The Hall–Kier alpha value is -2.38. The van der Waals surface area contributed by atoms with E-state index in [9.17, 15) is 14.7 Å². The molecule has 0 saturated heterocycles. The molecule has 2 aliphatic heterocycles. The molecule has 7 heteroatoms. The Bertz CT molecular complexity index is 849. The van der Waals surface area contributed by atoms with Crippen LogP contribution in [0.4, 0.5) is 0 Å². The first-order chi connectivity index (χ1) is 13.7. The number of allylic oxidation sites excluding steroid dienone is 1. The third kappa shape index (κ3) is 4.16. The lowest BCUT2D eigenvalue weighted by atomic mass is 9.88. The minimum atomic E-state index is -1.12. The molecule has 0 amide bonds. The van der Waals surface area contributed by atoms with Crippen LogP contribution in [0.5, 0.6) is 0 Å². The molecule has 2 aliphatic rings. The van der Waals surface area contributed by atoms with E-state index in [-0.39, 0.29) is 12.3 Å². The number of esters is 2. The summed E-state index contributed by atoms with van der Waals surface area (Å²) in [4.78, 5) is 24.8. The van der Waals surface area contributed by atoms with Crippen molar-refractivity contribution in [3.8, 4) is 0 Å². The van der Waals surface area contributed by atoms with Crippen LogP contribution < -0.4 is 0 Å². The van der Waals surface area contributed by atoms with Gasteiger partial charge in [0.2, 0.25) is 0 Å². The van der Waals surface area contributed by atoms with Gasteiger partial charge >= 0.3 is 11.9 Å². The zero-order chi connectivity index (χ0) is 21.3. The van der Waals surface area contributed by atoms with E-state index >= 15 is 0 Å². The predicted molar refractivity (Wildman–Crippen MR) is 104 cm³/mol. The summed E-state index contributed by atoms with van der Waals surface area (Å²) in [5, 5.41) is 10.5. The zero-order valence-electron chi connectivity index (χ0n) is 17.3. The first-order valence-corrected chi connectivity index (χ1v) is 9.70. The summed E-state index contributed by atoms with van der Waals surface area (Å²) >= 11 is 0. The smallest absolute Gasteiger partial charge is 0.341 e. The minimum absolute atomic E-state index is 0.00232. The van der Waals surface area contributed by atoms with Crippen molar-refractivity contribution in [3.05, 3.63) is 47.0 Å². The van der Waals surface area contributed by atoms with Crippen molar-refractivity contribution < 1.29 is 33.3 Å². The maximum absolute atomic E-state index is 12.4. The van der Waals surface area contributed by atoms with Gasteiger partial charge in [-0.15, -0.1) is 0 Å². The van der Waals surface area contributed by atoms with Crippen molar-refractivity contribution in [2.75, 3.05) is 14.2 Å². The summed E-state index contributed by atoms with van der Waals surface area (Å²) in [6.07, 6.45) is 2.01. The van der Waals surface area contributed by atoms with E-state index in [1.54, 1.807) is 19.1 Å². The molecule has 0 spiro atoms. The van der Waals surface area contributed by atoms with Gasteiger partial charge in [-0.2, -0.15) is 0 Å². The number of aliphatic hydroxyl groups is 1. The Balaban J connectivity index is 2.13. The molecule has 4 unspecified atom stereocenters. The number of carbonyl (C=O) groups is 2. The largest absolute Gasteiger partial charge is 0.465 e. The van der Waals surface area contributed by atoms with Crippen LogP contribution in [-0.2, 0) is 25.4 Å². The highest BCUT2D eigenvalue weighted by Crippen LogP contribution is 2.42. The van der Waals surface area contributed by atoms with Gasteiger partial charge < -0.3 is 23.7 Å². The minimum Gasteiger partial charge on any atom is -0.465 e. The van der Waals surface area contributed by atoms with E-state index in [4.69, 9.17) is 18.6 Å². The van der Waals surface area contributed by atoms with E-state index in [1.165, 1.54) is 14.2 Å². The molecule has 0 aromatic carbocycles. The van der Waals surface area contributed by atoms with Crippen LogP contribution in [0.15, 0.2) is 34.3 Å². The molecule has 7 nitrogen and oxygen atoms in total. The molecular formula is C22H28O7. The highest BCUT2D eigenvalue weighted by molar-refractivity contribution is 5.92. The van der Waals surface area contributed by atoms with E-state index in [1.807, 2.05) is 6.92 Å². The van der Waals surface area contributed by atoms with Crippen molar-refractivity contribution in [1.29, 1.82) is 0 Å². The molecule has 0 radical (unpaired) electrons. The normalized spacial score (nSPS) is 29.8. The molecule has 0 aliphatic carbocycles. The third-order valence-electron chi connectivity index (χ3n) is 5.72. The summed E-state index contributed by atoms with van der Waals surface area (Å²) < 4.78 is 22.2. The molecule has 158 valence electrons. The average Bonchev–Trinajstić information content (AvgIpc) is 3.18. The zero-order valence-corrected chi connectivity index (χ0v) is 17.3. The van der Waals surface area contributed by atoms with Crippen LogP contribution in [-0.4, -0.2) is 43.0 Å². The molecule has 1 aromatic rings. The van der Waals surface area contributed by atoms with Gasteiger partial charge in [-0.25, -0.2) is 9.59 Å². The third-order valence-corrected chi connectivity index (χ3v) is 5.72. The number of furan rings is 1. The SMILES string of the molecule is C=C(C)C1CCC(O)CC2=CC(C)(OC2=O)C(OC)c2cc(C(=O)OC)c(o2)C1. The maximum atomic E-state index is 12.4. The molecular weight excluding hydrogens is 376 g/mol. The number of rotatable bonds is 3. The Kier molecular flexibility index (Phi) is 6.00. The second-order valence-electron chi connectivity index (χ2n) is 8.02. The Morgan fingerprint density at radius 3 is 2.66 bits per heavy atom.